The van der Waals surface area contributed by atoms with Crippen LogP contribution in [0.3, 0.4) is 0 Å². The molecule has 3 rings (SSSR count). The first-order chi connectivity index (χ1) is 14.3. The fourth-order valence-corrected chi connectivity index (χ4v) is 3.45. The number of benzene rings is 2. The van der Waals surface area contributed by atoms with Crippen molar-refractivity contribution >= 4 is 47.2 Å². The first kappa shape index (κ1) is 21.7. The Labute approximate surface area is 183 Å². The summed E-state index contributed by atoms with van der Waals surface area (Å²) in [5, 5.41) is 2.92. The van der Waals surface area contributed by atoms with Gasteiger partial charge >= 0.3 is 12.0 Å². The summed E-state index contributed by atoms with van der Waals surface area (Å²) in [5.41, 5.74) is 2.55. The molecule has 0 bridgehead atoms. The Morgan fingerprint density at radius 2 is 1.87 bits per heavy atom. The lowest BCUT2D eigenvalue weighted by Gasteiger charge is -2.11. The van der Waals surface area contributed by atoms with Crippen LogP contribution in [-0.2, 0) is 20.9 Å². The fraction of sp³-hybridized carbons (Fsp3) is 0.190. The highest BCUT2D eigenvalue weighted by Gasteiger charge is 2.35. The smallest absolute Gasteiger partial charge is 0.329 e. The van der Waals surface area contributed by atoms with Gasteiger partial charge in [-0.15, -0.1) is 0 Å². The molecule has 30 heavy (non-hydrogen) atoms. The van der Waals surface area contributed by atoms with Crippen molar-refractivity contribution in [2.24, 2.45) is 0 Å². The number of esters is 1. The summed E-state index contributed by atoms with van der Waals surface area (Å²) in [6, 6.07) is 10.3. The van der Waals surface area contributed by atoms with Gasteiger partial charge in [-0.05, 0) is 36.3 Å². The molecule has 156 valence electrons. The Kier molecular flexibility index (Phi) is 6.64. The van der Waals surface area contributed by atoms with Gasteiger partial charge < -0.3 is 14.8 Å². The van der Waals surface area contributed by atoms with Gasteiger partial charge in [0, 0.05) is 0 Å². The van der Waals surface area contributed by atoms with E-state index in [0.717, 1.165) is 16.0 Å². The number of halogens is 2. The average Bonchev–Trinajstić information content (AvgIpc) is 2.94. The topological polar surface area (TPSA) is 84.9 Å². The molecule has 0 aromatic heterocycles. The molecule has 2 aromatic carbocycles. The molecule has 7 nitrogen and oxygen atoms in total. The Morgan fingerprint density at radius 1 is 1.17 bits per heavy atom. The molecule has 1 heterocycles. The number of amides is 3. The zero-order valence-corrected chi connectivity index (χ0v) is 17.7. The SMILES string of the molecule is COC(=O)CN1C(=O)N/C(=C/c2cc(Cl)c(OCc3cccc(C)c3)c(Cl)c2)C1=O. The molecule has 0 radical (unpaired) electrons. The number of carbonyl (C=O) groups is 3. The number of aryl methyl sites for hydroxylation is 1. The second-order valence-corrected chi connectivity index (χ2v) is 7.36. The largest absolute Gasteiger partial charge is 0.486 e. The second-order valence-electron chi connectivity index (χ2n) is 6.55. The van der Waals surface area contributed by atoms with Crippen molar-refractivity contribution < 1.29 is 23.9 Å². The molecule has 3 amide bonds. The van der Waals surface area contributed by atoms with Gasteiger partial charge in [-0.1, -0.05) is 53.0 Å². The van der Waals surface area contributed by atoms with E-state index in [1.807, 2.05) is 31.2 Å². The number of nitrogens with zero attached hydrogens (tertiary/aromatic N) is 1. The van der Waals surface area contributed by atoms with Crippen LogP contribution in [0.15, 0.2) is 42.1 Å². The van der Waals surface area contributed by atoms with Gasteiger partial charge in [-0.25, -0.2) is 9.69 Å². The van der Waals surface area contributed by atoms with Crippen molar-refractivity contribution in [3.05, 3.63) is 68.8 Å². The molecule has 0 aliphatic carbocycles. The van der Waals surface area contributed by atoms with Crippen molar-refractivity contribution in [3.8, 4) is 5.75 Å². The second kappa shape index (κ2) is 9.19. The fourth-order valence-electron chi connectivity index (χ4n) is 2.83. The lowest BCUT2D eigenvalue weighted by Crippen LogP contribution is -2.36. The number of urea groups is 1. The molecule has 0 spiro atoms. The summed E-state index contributed by atoms with van der Waals surface area (Å²) in [6.07, 6.45) is 1.42. The number of methoxy groups -OCH3 is 1. The van der Waals surface area contributed by atoms with Crippen molar-refractivity contribution in [2.75, 3.05) is 13.7 Å². The van der Waals surface area contributed by atoms with E-state index in [1.165, 1.54) is 13.2 Å². The average molecular weight is 449 g/mol. The van der Waals surface area contributed by atoms with E-state index in [2.05, 4.69) is 10.1 Å². The van der Waals surface area contributed by atoms with Crippen LogP contribution < -0.4 is 10.1 Å². The highest BCUT2D eigenvalue weighted by Crippen LogP contribution is 2.35. The Morgan fingerprint density at radius 3 is 2.50 bits per heavy atom. The van der Waals surface area contributed by atoms with E-state index >= 15 is 0 Å². The maximum absolute atomic E-state index is 12.4. The third-order valence-corrected chi connectivity index (χ3v) is 4.84. The van der Waals surface area contributed by atoms with Crippen LogP contribution in [0, 0.1) is 6.92 Å². The van der Waals surface area contributed by atoms with Crippen LogP contribution >= 0.6 is 23.2 Å². The van der Waals surface area contributed by atoms with Crippen LogP contribution in [0.1, 0.15) is 16.7 Å². The van der Waals surface area contributed by atoms with Gasteiger partial charge in [0.15, 0.2) is 5.75 Å². The normalized spacial score (nSPS) is 14.8. The first-order valence-corrected chi connectivity index (χ1v) is 9.63. The molecular formula is C21H18Cl2N2O5. The van der Waals surface area contributed by atoms with E-state index < -0.39 is 24.5 Å². The van der Waals surface area contributed by atoms with Crippen LogP contribution in [0.25, 0.3) is 6.08 Å². The number of hydrogen-bond acceptors (Lipinski definition) is 5. The molecule has 2 aromatic rings. The molecule has 1 aliphatic rings. The standard InChI is InChI=1S/C21H18Cl2N2O5/c1-12-4-3-5-13(6-12)11-30-19-15(22)7-14(8-16(19)23)9-17-20(27)25(21(28)24-17)10-18(26)29-2/h3-9H,10-11H2,1-2H3,(H,24,28)/b17-9+. The number of hydrogen-bond donors (Lipinski definition) is 1. The lowest BCUT2D eigenvalue weighted by molar-refractivity contribution is -0.143. The quantitative estimate of drug-likeness (QED) is 0.410. The monoisotopic (exact) mass is 448 g/mol. The van der Waals surface area contributed by atoms with Crippen LogP contribution in [-0.4, -0.2) is 36.5 Å². The highest BCUT2D eigenvalue weighted by atomic mass is 35.5. The summed E-state index contributed by atoms with van der Waals surface area (Å²) < 4.78 is 10.3. The van der Waals surface area contributed by atoms with E-state index in [-0.39, 0.29) is 15.7 Å². The summed E-state index contributed by atoms with van der Waals surface area (Å²) in [5.74, 6) is -1.05. The van der Waals surface area contributed by atoms with Crippen molar-refractivity contribution in [2.45, 2.75) is 13.5 Å². The molecule has 1 saturated heterocycles. The summed E-state index contributed by atoms with van der Waals surface area (Å²) in [4.78, 5) is 36.4. The van der Waals surface area contributed by atoms with E-state index in [1.54, 1.807) is 12.1 Å². The molecule has 1 N–H and O–H groups in total. The van der Waals surface area contributed by atoms with Crippen molar-refractivity contribution in [1.82, 2.24) is 10.2 Å². The van der Waals surface area contributed by atoms with Gasteiger partial charge in [0.2, 0.25) is 0 Å². The summed E-state index contributed by atoms with van der Waals surface area (Å²) in [6.45, 7) is 1.80. The zero-order chi connectivity index (χ0) is 21.8. The number of carbonyl (C=O) groups excluding carboxylic acids is 3. The zero-order valence-electron chi connectivity index (χ0n) is 16.2. The first-order valence-electron chi connectivity index (χ1n) is 8.87. The van der Waals surface area contributed by atoms with E-state index in [9.17, 15) is 14.4 Å². The van der Waals surface area contributed by atoms with Gasteiger partial charge in [0.1, 0.15) is 18.8 Å². The molecule has 1 aliphatic heterocycles. The van der Waals surface area contributed by atoms with E-state index in [4.69, 9.17) is 27.9 Å². The van der Waals surface area contributed by atoms with Gasteiger partial charge in [-0.2, -0.15) is 0 Å². The number of rotatable bonds is 6. The number of nitrogens with one attached hydrogen (secondary N) is 1. The number of ether oxygens (including phenoxy) is 2. The van der Waals surface area contributed by atoms with E-state index in [0.29, 0.717) is 17.9 Å². The Balaban J connectivity index is 1.77. The maximum Gasteiger partial charge on any atom is 0.329 e. The van der Waals surface area contributed by atoms with Gasteiger partial charge in [-0.3, -0.25) is 9.59 Å². The van der Waals surface area contributed by atoms with Crippen molar-refractivity contribution in [1.29, 1.82) is 0 Å². The number of imide groups is 1. The molecule has 9 heteroatoms. The maximum atomic E-state index is 12.4. The van der Waals surface area contributed by atoms with Crippen molar-refractivity contribution in [3.63, 3.8) is 0 Å². The van der Waals surface area contributed by atoms with Crippen LogP contribution in [0.4, 0.5) is 4.79 Å². The molecule has 0 saturated carbocycles. The minimum Gasteiger partial charge on any atom is -0.486 e. The van der Waals surface area contributed by atoms with Gasteiger partial charge in [0.05, 0.1) is 17.2 Å². The molecule has 1 fully saturated rings. The highest BCUT2D eigenvalue weighted by molar-refractivity contribution is 6.37. The predicted molar refractivity (Wildman–Crippen MR) is 112 cm³/mol. The van der Waals surface area contributed by atoms with Crippen LogP contribution in [0.5, 0.6) is 5.75 Å². The predicted octanol–water partition coefficient (Wildman–Crippen LogP) is 3.95. The van der Waals surface area contributed by atoms with Gasteiger partial charge in [0.25, 0.3) is 5.91 Å². The third kappa shape index (κ3) is 4.93. The summed E-state index contributed by atoms with van der Waals surface area (Å²) in [7, 11) is 1.17. The third-order valence-electron chi connectivity index (χ3n) is 4.27. The molecule has 0 unspecified atom stereocenters. The molecule has 0 atom stereocenters. The molecular weight excluding hydrogens is 431 g/mol. The van der Waals surface area contributed by atoms with Crippen LogP contribution in [0.2, 0.25) is 10.0 Å². The Bertz CT molecular complexity index is 1030. The minimum atomic E-state index is -0.716. The minimum absolute atomic E-state index is 0.00975. The summed E-state index contributed by atoms with van der Waals surface area (Å²) >= 11 is 12.6. The lowest BCUT2D eigenvalue weighted by atomic mass is 10.1. The Hall–Kier alpha value is -3.03.